The third-order valence-corrected chi connectivity index (χ3v) is 7.46. The Kier molecular flexibility index (Phi) is 6.71. The van der Waals surface area contributed by atoms with Crippen LogP contribution < -0.4 is 0 Å². The van der Waals surface area contributed by atoms with E-state index in [0.29, 0.717) is 23.9 Å². The van der Waals surface area contributed by atoms with E-state index in [2.05, 4.69) is 10.2 Å². The third-order valence-electron chi connectivity index (χ3n) is 4.43. The predicted molar refractivity (Wildman–Crippen MR) is 111 cm³/mol. The van der Waals surface area contributed by atoms with Gasteiger partial charge in [-0.1, -0.05) is 43.8 Å². The molecule has 3 rings (SSSR count). The fourth-order valence-electron chi connectivity index (χ4n) is 2.85. The fourth-order valence-corrected chi connectivity index (χ4v) is 5.16. The Morgan fingerprint density at radius 3 is 2.52 bits per heavy atom. The number of sulfonamides is 1. The van der Waals surface area contributed by atoms with E-state index in [4.69, 9.17) is 4.42 Å². The van der Waals surface area contributed by atoms with E-state index in [1.807, 2.05) is 13.0 Å². The van der Waals surface area contributed by atoms with Crippen LogP contribution in [0.2, 0.25) is 0 Å². The summed E-state index contributed by atoms with van der Waals surface area (Å²) in [7, 11) is -3.58. The minimum Gasteiger partial charge on any atom is -0.411 e. The van der Waals surface area contributed by atoms with Gasteiger partial charge in [0.15, 0.2) is 0 Å². The SMILES string of the molecule is CCN(CC)S(=O)(=O)c1cccc(-c2nnc(SC(C)c3cccc(F)c3)o2)c1. The van der Waals surface area contributed by atoms with Gasteiger partial charge in [0.1, 0.15) is 5.82 Å². The lowest BCUT2D eigenvalue weighted by Gasteiger charge is -2.18. The van der Waals surface area contributed by atoms with E-state index in [0.717, 1.165) is 5.56 Å². The Labute approximate surface area is 174 Å². The number of hydrogen-bond donors (Lipinski definition) is 0. The van der Waals surface area contributed by atoms with Gasteiger partial charge in [0, 0.05) is 23.9 Å². The first-order valence-electron chi connectivity index (χ1n) is 9.21. The van der Waals surface area contributed by atoms with E-state index in [1.165, 1.54) is 34.3 Å². The molecule has 2 aromatic carbocycles. The first-order chi connectivity index (χ1) is 13.8. The Morgan fingerprint density at radius 1 is 1.10 bits per heavy atom. The van der Waals surface area contributed by atoms with E-state index in [-0.39, 0.29) is 21.9 Å². The topological polar surface area (TPSA) is 76.3 Å². The van der Waals surface area contributed by atoms with Crippen molar-refractivity contribution in [2.75, 3.05) is 13.1 Å². The number of rotatable bonds is 8. The van der Waals surface area contributed by atoms with Crippen LogP contribution in [0.25, 0.3) is 11.5 Å². The van der Waals surface area contributed by atoms with Gasteiger partial charge in [0.2, 0.25) is 15.9 Å². The molecule has 0 fully saturated rings. The van der Waals surface area contributed by atoms with Crippen LogP contribution in [0.15, 0.2) is 63.1 Å². The second kappa shape index (κ2) is 9.06. The molecule has 0 aliphatic heterocycles. The molecule has 29 heavy (non-hydrogen) atoms. The Bertz CT molecular complexity index is 1080. The number of nitrogens with zero attached hydrogens (tertiary/aromatic N) is 3. The molecule has 1 heterocycles. The Morgan fingerprint density at radius 2 is 1.83 bits per heavy atom. The fraction of sp³-hybridized carbons (Fsp3) is 0.300. The zero-order chi connectivity index (χ0) is 21.0. The van der Waals surface area contributed by atoms with Crippen molar-refractivity contribution in [1.82, 2.24) is 14.5 Å². The summed E-state index contributed by atoms with van der Waals surface area (Å²) in [6, 6.07) is 12.8. The molecule has 0 radical (unpaired) electrons. The quantitative estimate of drug-likeness (QED) is 0.475. The summed E-state index contributed by atoms with van der Waals surface area (Å²) in [5.74, 6) is -0.0667. The second-order valence-electron chi connectivity index (χ2n) is 6.31. The van der Waals surface area contributed by atoms with E-state index in [1.54, 1.807) is 38.1 Å². The minimum atomic E-state index is -3.58. The van der Waals surface area contributed by atoms with Crippen molar-refractivity contribution >= 4 is 21.8 Å². The lowest BCUT2D eigenvalue weighted by Crippen LogP contribution is -2.30. The summed E-state index contributed by atoms with van der Waals surface area (Å²) in [5.41, 5.74) is 1.33. The van der Waals surface area contributed by atoms with Crippen molar-refractivity contribution in [3.63, 3.8) is 0 Å². The molecule has 9 heteroatoms. The standard InChI is InChI=1S/C20H22FN3O3S2/c1-4-24(5-2)29(25,26)18-11-7-9-16(13-18)19-22-23-20(27-19)28-14(3)15-8-6-10-17(21)12-15/h6-14H,4-5H2,1-3H3. The van der Waals surface area contributed by atoms with Gasteiger partial charge in [0.05, 0.1) is 4.90 Å². The second-order valence-corrected chi connectivity index (χ2v) is 9.54. The molecule has 0 aliphatic rings. The number of halogens is 1. The molecule has 3 aromatic rings. The predicted octanol–water partition coefficient (Wildman–Crippen LogP) is 4.76. The zero-order valence-corrected chi connectivity index (χ0v) is 18.0. The van der Waals surface area contributed by atoms with E-state index >= 15 is 0 Å². The van der Waals surface area contributed by atoms with Crippen molar-refractivity contribution in [2.24, 2.45) is 0 Å². The van der Waals surface area contributed by atoms with Gasteiger partial charge in [-0.2, -0.15) is 4.31 Å². The first-order valence-corrected chi connectivity index (χ1v) is 11.5. The van der Waals surface area contributed by atoms with Gasteiger partial charge in [-0.3, -0.25) is 0 Å². The molecular formula is C20H22FN3O3S2. The highest BCUT2D eigenvalue weighted by molar-refractivity contribution is 7.99. The van der Waals surface area contributed by atoms with Gasteiger partial charge in [-0.05, 0) is 42.8 Å². The first kappa shape index (κ1) is 21.5. The maximum Gasteiger partial charge on any atom is 0.277 e. The number of thioether (sulfide) groups is 1. The van der Waals surface area contributed by atoms with Crippen LogP contribution in [-0.2, 0) is 10.0 Å². The van der Waals surface area contributed by atoms with Crippen molar-refractivity contribution in [3.8, 4) is 11.5 Å². The average molecular weight is 436 g/mol. The summed E-state index contributed by atoms with van der Waals surface area (Å²) in [5, 5.41) is 8.31. The smallest absolute Gasteiger partial charge is 0.277 e. The normalized spacial score (nSPS) is 13.0. The van der Waals surface area contributed by atoms with Gasteiger partial charge in [0.25, 0.3) is 5.22 Å². The average Bonchev–Trinajstić information content (AvgIpc) is 3.17. The molecule has 1 atom stereocenters. The minimum absolute atomic E-state index is 0.0895. The van der Waals surface area contributed by atoms with Gasteiger partial charge in [-0.25, -0.2) is 12.8 Å². The molecule has 6 nitrogen and oxygen atoms in total. The van der Waals surface area contributed by atoms with Crippen LogP contribution in [0, 0.1) is 5.82 Å². The lowest BCUT2D eigenvalue weighted by atomic mass is 10.2. The maximum atomic E-state index is 13.4. The highest BCUT2D eigenvalue weighted by Gasteiger charge is 2.23. The third kappa shape index (κ3) is 4.85. The van der Waals surface area contributed by atoms with Crippen LogP contribution >= 0.6 is 11.8 Å². The molecular weight excluding hydrogens is 413 g/mol. The molecule has 0 aliphatic carbocycles. The molecule has 0 N–H and O–H groups in total. The molecule has 1 unspecified atom stereocenters. The van der Waals surface area contributed by atoms with Crippen LogP contribution in [0.5, 0.6) is 0 Å². The molecule has 1 aromatic heterocycles. The zero-order valence-electron chi connectivity index (χ0n) is 16.4. The summed E-state index contributed by atoms with van der Waals surface area (Å²) >= 11 is 1.31. The molecule has 154 valence electrons. The number of benzene rings is 2. The van der Waals surface area contributed by atoms with Gasteiger partial charge >= 0.3 is 0 Å². The summed E-state index contributed by atoms with van der Waals surface area (Å²) in [6.45, 7) is 6.30. The van der Waals surface area contributed by atoms with E-state index < -0.39 is 10.0 Å². The summed E-state index contributed by atoms with van der Waals surface area (Å²) in [6.07, 6.45) is 0. The van der Waals surface area contributed by atoms with Crippen LogP contribution in [0.1, 0.15) is 31.6 Å². The number of hydrogen-bond acceptors (Lipinski definition) is 6. The molecule has 0 spiro atoms. The van der Waals surface area contributed by atoms with Crippen LogP contribution in [0.3, 0.4) is 0 Å². The number of aromatic nitrogens is 2. The van der Waals surface area contributed by atoms with Gasteiger partial charge < -0.3 is 4.42 Å². The molecule has 0 amide bonds. The maximum absolute atomic E-state index is 13.4. The lowest BCUT2D eigenvalue weighted by molar-refractivity contribution is 0.445. The highest BCUT2D eigenvalue weighted by Crippen LogP contribution is 2.35. The monoisotopic (exact) mass is 435 g/mol. The summed E-state index contributed by atoms with van der Waals surface area (Å²) in [4.78, 5) is 0.180. The van der Waals surface area contributed by atoms with E-state index in [9.17, 15) is 12.8 Å². The van der Waals surface area contributed by atoms with Crippen molar-refractivity contribution < 1.29 is 17.2 Å². The largest absolute Gasteiger partial charge is 0.411 e. The van der Waals surface area contributed by atoms with Crippen molar-refractivity contribution in [1.29, 1.82) is 0 Å². The van der Waals surface area contributed by atoms with Crippen molar-refractivity contribution in [2.45, 2.75) is 36.1 Å². The van der Waals surface area contributed by atoms with Crippen LogP contribution in [-0.4, -0.2) is 36.0 Å². The van der Waals surface area contributed by atoms with Crippen molar-refractivity contribution in [3.05, 3.63) is 59.9 Å². The molecule has 0 saturated heterocycles. The van der Waals surface area contributed by atoms with Crippen LogP contribution in [0.4, 0.5) is 4.39 Å². The Balaban J connectivity index is 1.82. The Hall–Kier alpha value is -2.23. The molecule has 0 saturated carbocycles. The molecule has 0 bridgehead atoms. The van der Waals surface area contributed by atoms with Gasteiger partial charge in [-0.15, -0.1) is 10.2 Å². The summed E-state index contributed by atoms with van der Waals surface area (Å²) < 4.78 is 46.0. The highest BCUT2D eigenvalue weighted by atomic mass is 32.2.